The lowest BCUT2D eigenvalue weighted by Gasteiger charge is -2.40. The molecule has 2 nitrogen and oxygen atoms in total. The molecule has 0 aliphatic heterocycles. The molecule has 1 N–H and O–H groups in total. The Morgan fingerprint density at radius 2 is 1.71 bits per heavy atom. The smallest absolute Gasteiger partial charge is 0.230 e. The Morgan fingerprint density at radius 1 is 1.05 bits per heavy atom. The number of hydrogen-bond donors (Lipinski definition) is 1. The van der Waals surface area contributed by atoms with Crippen LogP contribution in [0, 0.1) is 5.82 Å². The quantitative estimate of drug-likeness (QED) is 0.913. The van der Waals surface area contributed by atoms with Crippen molar-refractivity contribution in [2.45, 2.75) is 31.2 Å². The second-order valence-electron chi connectivity index (χ2n) is 5.61. The van der Waals surface area contributed by atoms with Gasteiger partial charge < -0.3 is 5.32 Å². The Morgan fingerprint density at radius 3 is 2.29 bits per heavy atom. The number of nitrogens with one attached hydrogen (secondary N) is 1. The zero-order valence-electron chi connectivity index (χ0n) is 11.8. The van der Waals surface area contributed by atoms with E-state index in [1.165, 1.54) is 12.1 Å². The van der Waals surface area contributed by atoms with Crippen molar-refractivity contribution in [1.29, 1.82) is 0 Å². The van der Waals surface area contributed by atoms with Gasteiger partial charge in [-0.3, -0.25) is 4.79 Å². The first-order valence-corrected chi connectivity index (χ1v) is 7.29. The first kappa shape index (κ1) is 13.8. The predicted octanol–water partition coefficient (Wildman–Crippen LogP) is 3.56. The Hall–Kier alpha value is -2.16. The molecular weight excluding hydrogens is 265 g/mol. The van der Waals surface area contributed by atoms with Gasteiger partial charge in [-0.2, -0.15) is 0 Å². The molecule has 0 saturated heterocycles. The zero-order chi connectivity index (χ0) is 14.7. The second kappa shape index (κ2) is 5.68. The van der Waals surface area contributed by atoms with E-state index >= 15 is 0 Å². The molecule has 3 heteroatoms. The van der Waals surface area contributed by atoms with Gasteiger partial charge in [0, 0.05) is 6.54 Å². The van der Waals surface area contributed by atoms with Crippen LogP contribution in [0.25, 0.3) is 0 Å². The van der Waals surface area contributed by atoms with E-state index < -0.39 is 5.41 Å². The molecule has 1 fully saturated rings. The minimum Gasteiger partial charge on any atom is -0.351 e. The molecule has 108 valence electrons. The Labute approximate surface area is 124 Å². The first-order chi connectivity index (χ1) is 10.2. The monoisotopic (exact) mass is 283 g/mol. The number of hydrogen-bond acceptors (Lipinski definition) is 1. The van der Waals surface area contributed by atoms with Crippen molar-refractivity contribution < 1.29 is 9.18 Å². The summed E-state index contributed by atoms with van der Waals surface area (Å²) in [5.74, 6) is -0.220. The number of halogens is 1. The highest BCUT2D eigenvalue weighted by atomic mass is 19.1. The van der Waals surface area contributed by atoms with E-state index in [2.05, 4.69) is 5.32 Å². The van der Waals surface area contributed by atoms with Crippen molar-refractivity contribution in [3.63, 3.8) is 0 Å². The number of carbonyl (C=O) groups excluding carboxylic acids is 1. The molecule has 0 heterocycles. The van der Waals surface area contributed by atoms with Gasteiger partial charge in [-0.15, -0.1) is 0 Å². The van der Waals surface area contributed by atoms with Crippen molar-refractivity contribution in [1.82, 2.24) is 5.32 Å². The number of carbonyl (C=O) groups is 1. The lowest BCUT2D eigenvalue weighted by Crippen LogP contribution is -2.49. The molecule has 2 aromatic rings. The van der Waals surface area contributed by atoms with Gasteiger partial charge in [0.15, 0.2) is 0 Å². The summed E-state index contributed by atoms with van der Waals surface area (Å²) < 4.78 is 13.1. The third-order valence-corrected chi connectivity index (χ3v) is 4.33. The van der Waals surface area contributed by atoms with E-state index in [-0.39, 0.29) is 11.7 Å². The molecule has 2 aromatic carbocycles. The summed E-state index contributed by atoms with van der Waals surface area (Å²) in [6, 6.07) is 16.2. The SMILES string of the molecule is O=C(NCc1ccccc1)C1(c2ccc(F)cc2)CCC1. The average Bonchev–Trinajstić information content (AvgIpc) is 2.47. The van der Waals surface area contributed by atoms with E-state index in [0.717, 1.165) is 30.4 Å². The van der Waals surface area contributed by atoms with Crippen LogP contribution in [0.1, 0.15) is 30.4 Å². The van der Waals surface area contributed by atoms with Crippen LogP contribution in [0.4, 0.5) is 4.39 Å². The fourth-order valence-electron chi connectivity index (χ4n) is 2.89. The molecule has 0 spiro atoms. The predicted molar refractivity (Wildman–Crippen MR) is 80.2 cm³/mol. The highest BCUT2D eigenvalue weighted by Gasteiger charge is 2.45. The average molecular weight is 283 g/mol. The van der Waals surface area contributed by atoms with E-state index in [9.17, 15) is 9.18 Å². The molecule has 3 rings (SSSR count). The summed E-state index contributed by atoms with van der Waals surface area (Å²) >= 11 is 0. The standard InChI is InChI=1S/C18H18FNO/c19-16-9-7-15(8-10-16)18(11-4-12-18)17(21)20-13-14-5-2-1-3-6-14/h1-3,5-10H,4,11-13H2,(H,20,21). The molecule has 1 saturated carbocycles. The van der Waals surface area contributed by atoms with Gasteiger partial charge >= 0.3 is 0 Å². The molecule has 21 heavy (non-hydrogen) atoms. The van der Waals surface area contributed by atoms with Crippen LogP contribution >= 0.6 is 0 Å². The van der Waals surface area contributed by atoms with E-state index in [1.807, 2.05) is 30.3 Å². The van der Waals surface area contributed by atoms with Gasteiger partial charge in [0.05, 0.1) is 5.41 Å². The van der Waals surface area contributed by atoms with Gasteiger partial charge in [0.2, 0.25) is 5.91 Å². The lowest BCUT2D eigenvalue weighted by atomic mass is 9.64. The van der Waals surface area contributed by atoms with Crippen molar-refractivity contribution in [3.05, 3.63) is 71.5 Å². The highest BCUT2D eigenvalue weighted by Crippen LogP contribution is 2.44. The molecule has 0 bridgehead atoms. The zero-order valence-corrected chi connectivity index (χ0v) is 11.8. The molecule has 1 amide bonds. The lowest BCUT2D eigenvalue weighted by molar-refractivity contribution is -0.130. The minimum absolute atomic E-state index is 0.0456. The first-order valence-electron chi connectivity index (χ1n) is 7.29. The molecular formula is C18H18FNO. The third-order valence-electron chi connectivity index (χ3n) is 4.33. The largest absolute Gasteiger partial charge is 0.351 e. The van der Waals surface area contributed by atoms with E-state index in [1.54, 1.807) is 12.1 Å². The number of benzene rings is 2. The van der Waals surface area contributed by atoms with Crippen LogP contribution in [-0.4, -0.2) is 5.91 Å². The van der Waals surface area contributed by atoms with Crippen molar-refractivity contribution in [2.75, 3.05) is 0 Å². The fourth-order valence-corrected chi connectivity index (χ4v) is 2.89. The summed E-state index contributed by atoms with van der Waals surface area (Å²) in [5.41, 5.74) is 1.53. The summed E-state index contributed by atoms with van der Waals surface area (Å²) in [6.45, 7) is 0.530. The van der Waals surface area contributed by atoms with Crippen molar-refractivity contribution in [2.24, 2.45) is 0 Å². The highest BCUT2D eigenvalue weighted by molar-refractivity contribution is 5.89. The molecule has 0 aromatic heterocycles. The van der Waals surface area contributed by atoms with Crippen LogP contribution in [0.15, 0.2) is 54.6 Å². The maximum Gasteiger partial charge on any atom is 0.230 e. The molecule has 1 aliphatic rings. The van der Waals surface area contributed by atoms with Crippen molar-refractivity contribution in [3.8, 4) is 0 Å². The summed E-state index contributed by atoms with van der Waals surface area (Å²) in [7, 11) is 0. The minimum atomic E-state index is -0.470. The third kappa shape index (κ3) is 2.68. The van der Waals surface area contributed by atoms with Gasteiger partial charge in [-0.05, 0) is 36.1 Å². The van der Waals surface area contributed by atoms with Gasteiger partial charge in [0.25, 0.3) is 0 Å². The summed E-state index contributed by atoms with van der Waals surface area (Å²) in [4.78, 5) is 12.6. The number of rotatable bonds is 4. The van der Waals surface area contributed by atoms with Gasteiger partial charge in [0.1, 0.15) is 5.82 Å². The fraction of sp³-hybridized carbons (Fsp3) is 0.278. The van der Waals surface area contributed by atoms with Crippen molar-refractivity contribution >= 4 is 5.91 Å². The second-order valence-corrected chi connectivity index (χ2v) is 5.61. The number of amides is 1. The summed E-state index contributed by atoms with van der Waals surface area (Å²) in [6.07, 6.45) is 2.70. The van der Waals surface area contributed by atoms with E-state index in [4.69, 9.17) is 0 Å². The molecule has 0 unspecified atom stereocenters. The van der Waals surface area contributed by atoms with Gasteiger partial charge in [-0.25, -0.2) is 4.39 Å². The van der Waals surface area contributed by atoms with Crippen LogP contribution in [-0.2, 0) is 16.8 Å². The maximum absolute atomic E-state index is 13.1. The van der Waals surface area contributed by atoms with Crippen LogP contribution < -0.4 is 5.32 Å². The Kier molecular flexibility index (Phi) is 3.74. The maximum atomic E-state index is 13.1. The topological polar surface area (TPSA) is 29.1 Å². The molecule has 1 aliphatic carbocycles. The Balaban J connectivity index is 1.73. The van der Waals surface area contributed by atoms with Gasteiger partial charge in [-0.1, -0.05) is 48.9 Å². The van der Waals surface area contributed by atoms with E-state index in [0.29, 0.717) is 6.54 Å². The van der Waals surface area contributed by atoms with Crippen LogP contribution in [0.5, 0.6) is 0 Å². The molecule has 0 atom stereocenters. The normalized spacial score (nSPS) is 16.0. The molecule has 0 radical (unpaired) electrons. The summed E-state index contributed by atoms with van der Waals surface area (Å²) in [5, 5.41) is 3.02. The Bertz CT molecular complexity index is 617. The van der Waals surface area contributed by atoms with Crippen LogP contribution in [0.2, 0.25) is 0 Å². The van der Waals surface area contributed by atoms with Crippen LogP contribution in [0.3, 0.4) is 0 Å².